The zero-order chi connectivity index (χ0) is 19.8. The molecule has 0 saturated carbocycles. The van der Waals surface area contributed by atoms with Crippen LogP contribution in [0.1, 0.15) is 31.4 Å². The lowest BCUT2D eigenvalue weighted by Crippen LogP contribution is -2.17. The van der Waals surface area contributed by atoms with Crippen LogP contribution in [0.25, 0.3) is 11.1 Å². The number of rotatable bonds is 10. The van der Waals surface area contributed by atoms with E-state index >= 15 is 0 Å². The maximum atomic E-state index is 13.8. The van der Waals surface area contributed by atoms with E-state index in [4.69, 9.17) is 9.84 Å². The molecule has 0 amide bonds. The van der Waals surface area contributed by atoms with Crippen molar-refractivity contribution in [2.24, 2.45) is 0 Å². The highest BCUT2D eigenvalue weighted by molar-refractivity contribution is 5.77. The third-order valence-corrected chi connectivity index (χ3v) is 4.03. The number of hydrogen-bond donors (Lipinski definition) is 2. The van der Waals surface area contributed by atoms with Crippen molar-refractivity contribution in [3.63, 3.8) is 0 Å². The molecular weight excluding hydrogens is 349 g/mol. The molecule has 0 heterocycles. The van der Waals surface area contributed by atoms with Crippen molar-refractivity contribution in [3.05, 3.63) is 53.3 Å². The number of carboxylic acids is 1. The van der Waals surface area contributed by atoms with E-state index in [9.17, 15) is 14.0 Å². The Morgan fingerprint density at radius 1 is 1.15 bits per heavy atom. The summed E-state index contributed by atoms with van der Waals surface area (Å²) in [5.74, 6) is -0.581. The predicted octanol–water partition coefficient (Wildman–Crippen LogP) is 3.59. The molecule has 0 atom stereocenters. The van der Waals surface area contributed by atoms with E-state index in [1.165, 1.54) is 19.1 Å². The van der Waals surface area contributed by atoms with Crippen molar-refractivity contribution in [2.75, 3.05) is 13.2 Å². The monoisotopic (exact) mass is 373 g/mol. The molecule has 0 spiro atoms. The summed E-state index contributed by atoms with van der Waals surface area (Å²) in [6.45, 7) is 4.73. The zero-order valence-corrected chi connectivity index (χ0v) is 15.5. The topological polar surface area (TPSA) is 75.6 Å². The molecule has 0 aliphatic carbocycles. The van der Waals surface area contributed by atoms with Gasteiger partial charge in [0.2, 0.25) is 0 Å². The first-order valence-corrected chi connectivity index (χ1v) is 8.87. The van der Waals surface area contributed by atoms with E-state index in [1.54, 1.807) is 24.3 Å². The molecule has 5 nitrogen and oxygen atoms in total. The SMILES string of the molecule is CCOc1ccc(CC(=O)O)cc1-c1ccc(F)cc1CNCCC(C)=O. The van der Waals surface area contributed by atoms with E-state index in [2.05, 4.69) is 5.32 Å². The molecule has 6 heteroatoms. The van der Waals surface area contributed by atoms with E-state index in [-0.39, 0.29) is 18.0 Å². The lowest BCUT2D eigenvalue weighted by molar-refractivity contribution is -0.136. The first kappa shape index (κ1) is 20.6. The number of carbonyl (C=O) groups excluding carboxylic acids is 1. The van der Waals surface area contributed by atoms with Gasteiger partial charge in [-0.15, -0.1) is 0 Å². The van der Waals surface area contributed by atoms with Gasteiger partial charge in [-0.2, -0.15) is 0 Å². The average molecular weight is 373 g/mol. The van der Waals surface area contributed by atoms with Gasteiger partial charge in [-0.3, -0.25) is 9.59 Å². The van der Waals surface area contributed by atoms with Crippen molar-refractivity contribution in [3.8, 4) is 16.9 Å². The van der Waals surface area contributed by atoms with Crippen LogP contribution >= 0.6 is 0 Å². The fraction of sp³-hybridized carbons (Fsp3) is 0.333. The second-order valence-corrected chi connectivity index (χ2v) is 6.26. The number of ketones is 1. The van der Waals surface area contributed by atoms with Crippen LogP contribution in [0.3, 0.4) is 0 Å². The number of Topliss-reactive ketones (excluding diaryl/α,β-unsaturated/α-hetero) is 1. The molecule has 27 heavy (non-hydrogen) atoms. The summed E-state index contributed by atoms with van der Waals surface area (Å²) < 4.78 is 19.5. The first-order valence-electron chi connectivity index (χ1n) is 8.87. The van der Waals surface area contributed by atoms with Crippen molar-refractivity contribution >= 4 is 11.8 Å². The van der Waals surface area contributed by atoms with E-state index < -0.39 is 5.97 Å². The minimum Gasteiger partial charge on any atom is -0.493 e. The molecular formula is C21H24FNO4. The van der Waals surface area contributed by atoms with Crippen LogP contribution in [0.2, 0.25) is 0 Å². The van der Waals surface area contributed by atoms with Crippen molar-refractivity contribution in [1.29, 1.82) is 0 Å². The lowest BCUT2D eigenvalue weighted by Gasteiger charge is -2.16. The molecule has 0 fully saturated rings. The van der Waals surface area contributed by atoms with Crippen LogP contribution in [0.5, 0.6) is 5.75 Å². The minimum absolute atomic E-state index is 0.0852. The van der Waals surface area contributed by atoms with Gasteiger partial charge in [-0.25, -0.2) is 4.39 Å². The summed E-state index contributed by atoms with van der Waals surface area (Å²) in [4.78, 5) is 22.1. The molecule has 0 aliphatic rings. The smallest absolute Gasteiger partial charge is 0.307 e. The first-order chi connectivity index (χ1) is 12.9. The number of carbonyl (C=O) groups is 2. The van der Waals surface area contributed by atoms with Crippen molar-refractivity contribution < 1.29 is 23.8 Å². The molecule has 2 aromatic carbocycles. The van der Waals surface area contributed by atoms with Crippen molar-refractivity contribution in [2.45, 2.75) is 33.2 Å². The Morgan fingerprint density at radius 2 is 1.93 bits per heavy atom. The van der Waals surface area contributed by atoms with Gasteiger partial charge < -0.3 is 15.2 Å². The average Bonchev–Trinajstić information content (AvgIpc) is 2.60. The highest BCUT2D eigenvalue weighted by Crippen LogP contribution is 2.34. The van der Waals surface area contributed by atoms with Gasteiger partial charge in [0.05, 0.1) is 13.0 Å². The fourth-order valence-electron chi connectivity index (χ4n) is 2.81. The lowest BCUT2D eigenvalue weighted by atomic mass is 9.96. The molecule has 0 radical (unpaired) electrons. The van der Waals surface area contributed by atoms with E-state index in [1.807, 2.05) is 6.92 Å². The number of halogens is 1. The van der Waals surface area contributed by atoms with Gasteiger partial charge in [0.25, 0.3) is 0 Å². The number of nitrogens with one attached hydrogen (secondary N) is 1. The standard InChI is InChI=1S/C21H24FNO4/c1-3-27-20-7-4-15(11-21(25)26)10-19(20)18-6-5-17(22)12-16(18)13-23-9-8-14(2)24/h4-7,10,12,23H,3,8-9,11,13H2,1-2H3,(H,25,26). The Bertz CT molecular complexity index is 820. The van der Waals surface area contributed by atoms with Crippen LogP contribution in [-0.2, 0) is 22.6 Å². The van der Waals surface area contributed by atoms with Gasteiger partial charge in [0.15, 0.2) is 0 Å². The van der Waals surface area contributed by atoms with Gasteiger partial charge in [0.1, 0.15) is 17.3 Å². The molecule has 144 valence electrons. The predicted molar refractivity (Wildman–Crippen MR) is 101 cm³/mol. The second-order valence-electron chi connectivity index (χ2n) is 6.26. The Morgan fingerprint density at radius 3 is 2.59 bits per heavy atom. The van der Waals surface area contributed by atoms with Gasteiger partial charge in [0, 0.05) is 25.1 Å². The van der Waals surface area contributed by atoms with Crippen LogP contribution in [0.4, 0.5) is 4.39 Å². The largest absolute Gasteiger partial charge is 0.493 e. The van der Waals surface area contributed by atoms with Crippen molar-refractivity contribution in [1.82, 2.24) is 5.32 Å². The van der Waals surface area contributed by atoms with Crippen LogP contribution in [0.15, 0.2) is 36.4 Å². The van der Waals surface area contributed by atoms with Gasteiger partial charge in [-0.05, 0) is 54.8 Å². The number of benzene rings is 2. The Labute approximate surface area is 158 Å². The van der Waals surface area contributed by atoms with Gasteiger partial charge in [-0.1, -0.05) is 12.1 Å². The van der Waals surface area contributed by atoms with Crippen LogP contribution in [-0.4, -0.2) is 30.0 Å². The summed E-state index contributed by atoms with van der Waals surface area (Å²) in [5.41, 5.74) is 2.84. The summed E-state index contributed by atoms with van der Waals surface area (Å²) in [5, 5.41) is 12.2. The maximum Gasteiger partial charge on any atom is 0.307 e. The van der Waals surface area contributed by atoms with E-state index in [0.29, 0.717) is 43.0 Å². The summed E-state index contributed by atoms with van der Waals surface area (Å²) in [7, 11) is 0. The molecule has 2 N–H and O–H groups in total. The second kappa shape index (κ2) is 9.83. The molecule has 2 aromatic rings. The number of hydrogen-bond acceptors (Lipinski definition) is 4. The Hall–Kier alpha value is -2.73. The van der Waals surface area contributed by atoms with E-state index in [0.717, 1.165) is 11.1 Å². The maximum absolute atomic E-state index is 13.8. The summed E-state index contributed by atoms with van der Waals surface area (Å²) in [6.07, 6.45) is 0.301. The normalized spacial score (nSPS) is 10.6. The Kier molecular flexibility index (Phi) is 7.49. The zero-order valence-electron chi connectivity index (χ0n) is 15.5. The summed E-state index contributed by atoms with van der Waals surface area (Å²) in [6, 6.07) is 9.71. The third kappa shape index (κ3) is 6.18. The number of carboxylic acid groups (broad SMARTS) is 1. The Balaban J connectivity index is 2.39. The van der Waals surface area contributed by atoms with Crippen LogP contribution < -0.4 is 10.1 Å². The molecule has 0 unspecified atom stereocenters. The quantitative estimate of drug-likeness (QED) is 0.623. The van der Waals surface area contributed by atoms with Crippen LogP contribution in [0, 0.1) is 5.82 Å². The minimum atomic E-state index is -0.921. The summed E-state index contributed by atoms with van der Waals surface area (Å²) >= 11 is 0. The number of aliphatic carboxylic acids is 1. The fourth-order valence-corrected chi connectivity index (χ4v) is 2.81. The van der Waals surface area contributed by atoms with Gasteiger partial charge >= 0.3 is 5.97 Å². The molecule has 0 aliphatic heterocycles. The molecule has 0 aromatic heterocycles. The third-order valence-electron chi connectivity index (χ3n) is 4.03. The molecule has 2 rings (SSSR count). The number of ether oxygens (including phenoxy) is 1. The highest BCUT2D eigenvalue weighted by atomic mass is 19.1. The molecule has 0 saturated heterocycles. The molecule has 0 bridgehead atoms. The highest BCUT2D eigenvalue weighted by Gasteiger charge is 2.14.